The third-order valence-electron chi connectivity index (χ3n) is 9.54. The SMILES string of the molecule is CCCCCCCCC/C=C/CC/C=C/CCCC(O)C(O)C(CO)NC(=O)CCCCCCCCCCCCCCCCCCC. The van der Waals surface area contributed by atoms with E-state index in [2.05, 4.69) is 43.5 Å². The molecule has 3 atom stereocenters. The smallest absolute Gasteiger partial charge is 0.220 e. The Kier molecular flexibility index (Phi) is 36.7. The van der Waals surface area contributed by atoms with Crippen LogP contribution in [0.15, 0.2) is 24.3 Å². The van der Waals surface area contributed by atoms with Gasteiger partial charge in [-0.25, -0.2) is 0 Å². The van der Waals surface area contributed by atoms with E-state index in [1.165, 1.54) is 141 Å². The van der Waals surface area contributed by atoms with Crippen LogP contribution in [0.4, 0.5) is 0 Å². The predicted molar refractivity (Wildman–Crippen MR) is 204 cm³/mol. The first-order valence-electron chi connectivity index (χ1n) is 20.6. The standard InChI is InChI=1S/C42H81NO4/c1-3-5-7-9-11-13-15-17-19-21-23-25-27-29-31-33-35-37-41(46)43-39(38-44)42(47)40(45)36-34-32-30-28-26-24-22-20-18-16-14-12-10-8-6-4-2/h20,22,28,30,39-40,42,44-45,47H,3-19,21,23-27,29,31-38H2,1-2H3,(H,43,46)/b22-20+,30-28+. The Morgan fingerprint density at radius 2 is 0.872 bits per heavy atom. The van der Waals surface area contributed by atoms with Crippen LogP contribution in [0, 0.1) is 0 Å². The fraction of sp³-hybridized carbons (Fsp3) is 0.881. The number of hydrogen-bond acceptors (Lipinski definition) is 4. The lowest BCUT2D eigenvalue weighted by Gasteiger charge is -2.26. The summed E-state index contributed by atoms with van der Waals surface area (Å²) >= 11 is 0. The maximum atomic E-state index is 12.4. The van der Waals surface area contributed by atoms with Gasteiger partial charge in [0.2, 0.25) is 5.91 Å². The summed E-state index contributed by atoms with van der Waals surface area (Å²) in [6.07, 6.45) is 44.2. The number of carbonyl (C=O) groups is 1. The minimum absolute atomic E-state index is 0.157. The van der Waals surface area contributed by atoms with E-state index < -0.39 is 18.2 Å². The maximum absolute atomic E-state index is 12.4. The van der Waals surface area contributed by atoms with Crippen molar-refractivity contribution in [3.05, 3.63) is 24.3 Å². The molecule has 0 fully saturated rings. The van der Waals surface area contributed by atoms with Gasteiger partial charge in [-0.2, -0.15) is 0 Å². The summed E-state index contributed by atoms with van der Waals surface area (Å²) < 4.78 is 0. The van der Waals surface area contributed by atoms with E-state index in [0.717, 1.165) is 44.9 Å². The number of amides is 1. The summed E-state index contributed by atoms with van der Waals surface area (Å²) in [6.45, 7) is 4.16. The highest BCUT2D eigenvalue weighted by Crippen LogP contribution is 2.15. The molecule has 5 heteroatoms. The van der Waals surface area contributed by atoms with Crippen LogP contribution in [0.25, 0.3) is 0 Å². The average Bonchev–Trinajstić information content (AvgIpc) is 3.07. The minimum Gasteiger partial charge on any atom is -0.394 e. The molecule has 278 valence electrons. The normalized spacial score (nSPS) is 13.9. The average molecular weight is 664 g/mol. The molecule has 4 N–H and O–H groups in total. The number of aliphatic hydroxyl groups is 3. The summed E-state index contributed by atoms with van der Waals surface area (Å²) in [4.78, 5) is 12.4. The van der Waals surface area contributed by atoms with Gasteiger partial charge in [0.1, 0.15) is 6.10 Å². The van der Waals surface area contributed by atoms with E-state index >= 15 is 0 Å². The second kappa shape index (κ2) is 37.6. The van der Waals surface area contributed by atoms with Gasteiger partial charge in [0.25, 0.3) is 0 Å². The van der Waals surface area contributed by atoms with Crippen molar-refractivity contribution in [3.63, 3.8) is 0 Å². The summed E-state index contributed by atoms with van der Waals surface area (Å²) in [5, 5.41) is 33.4. The Morgan fingerprint density at radius 3 is 1.30 bits per heavy atom. The second-order valence-corrected chi connectivity index (χ2v) is 14.2. The number of allylic oxidation sites excluding steroid dienone is 4. The van der Waals surface area contributed by atoms with Crippen LogP contribution >= 0.6 is 0 Å². The van der Waals surface area contributed by atoms with Crippen molar-refractivity contribution in [2.24, 2.45) is 0 Å². The van der Waals surface area contributed by atoms with Crippen LogP contribution in [-0.4, -0.2) is 46.1 Å². The molecule has 0 radical (unpaired) electrons. The topological polar surface area (TPSA) is 89.8 Å². The van der Waals surface area contributed by atoms with Gasteiger partial charge in [0, 0.05) is 6.42 Å². The molecule has 0 aromatic rings. The first-order chi connectivity index (χ1) is 23.1. The molecule has 0 aliphatic carbocycles. The molecule has 0 aliphatic rings. The molecular formula is C42H81NO4. The van der Waals surface area contributed by atoms with Crippen molar-refractivity contribution in [2.45, 2.75) is 231 Å². The molecule has 1 amide bonds. The summed E-state index contributed by atoms with van der Waals surface area (Å²) in [5.74, 6) is -0.157. The molecule has 0 saturated carbocycles. The molecule has 5 nitrogen and oxygen atoms in total. The highest BCUT2D eigenvalue weighted by atomic mass is 16.3. The second-order valence-electron chi connectivity index (χ2n) is 14.2. The van der Waals surface area contributed by atoms with Gasteiger partial charge in [-0.1, -0.05) is 179 Å². The van der Waals surface area contributed by atoms with E-state index in [4.69, 9.17) is 0 Å². The highest BCUT2D eigenvalue weighted by Gasteiger charge is 2.26. The number of aliphatic hydroxyl groups excluding tert-OH is 3. The number of nitrogens with one attached hydrogen (secondary N) is 1. The first-order valence-corrected chi connectivity index (χ1v) is 20.6. The molecule has 0 heterocycles. The molecule has 0 bridgehead atoms. The fourth-order valence-corrected chi connectivity index (χ4v) is 6.30. The van der Waals surface area contributed by atoms with Gasteiger partial charge in [0.05, 0.1) is 18.8 Å². The van der Waals surface area contributed by atoms with Crippen LogP contribution in [0.1, 0.15) is 213 Å². The van der Waals surface area contributed by atoms with Crippen LogP contribution in [0.2, 0.25) is 0 Å². The van der Waals surface area contributed by atoms with Crippen LogP contribution in [0.3, 0.4) is 0 Å². The summed E-state index contributed by atoms with van der Waals surface area (Å²) in [7, 11) is 0. The van der Waals surface area contributed by atoms with Crippen molar-refractivity contribution < 1.29 is 20.1 Å². The van der Waals surface area contributed by atoms with E-state index in [9.17, 15) is 20.1 Å². The Morgan fingerprint density at radius 1 is 0.511 bits per heavy atom. The molecular weight excluding hydrogens is 582 g/mol. The number of hydrogen-bond donors (Lipinski definition) is 4. The first kappa shape index (κ1) is 45.8. The van der Waals surface area contributed by atoms with E-state index in [-0.39, 0.29) is 12.5 Å². The minimum atomic E-state index is -1.16. The quantitative estimate of drug-likeness (QED) is 0.0393. The van der Waals surface area contributed by atoms with E-state index in [0.29, 0.717) is 12.8 Å². The molecule has 47 heavy (non-hydrogen) atoms. The molecule has 0 aliphatic heterocycles. The molecule has 0 rings (SSSR count). The number of rotatable bonds is 37. The predicted octanol–water partition coefficient (Wildman–Crippen LogP) is 11.4. The Labute approximate surface area is 292 Å². The van der Waals surface area contributed by atoms with Crippen LogP contribution in [-0.2, 0) is 4.79 Å². The third kappa shape index (κ3) is 33.1. The lowest BCUT2D eigenvalue weighted by molar-refractivity contribution is -0.124. The van der Waals surface area contributed by atoms with Gasteiger partial charge in [-0.05, 0) is 51.4 Å². The Hall–Kier alpha value is -1.17. The van der Waals surface area contributed by atoms with Gasteiger partial charge < -0.3 is 20.6 Å². The maximum Gasteiger partial charge on any atom is 0.220 e. The zero-order valence-corrected chi connectivity index (χ0v) is 31.4. The fourth-order valence-electron chi connectivity index (χ4n) is 6.30. The largest absolute Gasteiger partial charge is 0.394 e. The van der Waals surface area contributed by atoms with Crippen molar-refractivity contribution >= 4 is 5.91 Å². The summed E-state index contributed by atoms with van der Waals surface area (Å²) in [6, 6.07) is -0.827. The molecule has 3 unspecified atom stereocenters. The van der Waals surface area contributed by atoms with Gasteiger partial charge in [-0.3, -0.25) is 4.79 Å². The third-order valence-corrected chi connectivity index (χ3v) is 9.54. The van der Waals surface area contributed by atoms with E-state index in [1.807, 2.05) is 0 Å². The zero-order valence-electron chi connectivity index (χ0n) is 31.4. The van der Waals surface area contributed by atoms with Crippen LogP contribution < -0.4 is 5.32 Å². The number of carbonyl (C=O) groups excluding carboxylic acids is 1. The van der Waals surface area contributed by atoms with Crippen molar-refractivity contribution in [1.82, 2.24) is 5.32 Å². The van der Waals surface area contributed by atoms with Crippen LogP contribution in [0.5, 0.6) is 0 Å². The molecule has 0 saturated heterocycles. The van der Waals surface area contributed by atoms with Gasteiger partial charge >= 0.3 is 0 Å². The van der Waals surface area contributed by atoms with Crippen molar-refractivity contribution in [2.75, 3.05) is 6.61 Å². The van der Waals surface area contributed by atoms with Crippen molar-refractivity contribution in [3.8, 4) is 0 Å². The van der Waals surface area contributed by atoms with Gasteiger partial charge in [-0.15, -0.1) is 0 Å². The Bertz CT molecular complexity index is 694. The lowest BCUT2D eigenvalue weighted by Crippen LogP contribution is -2.50. The lowest BCUT2D eigenvalue weighted by atomic mass is 10.0. The molecule has 0 aromatic carbocycles. The molecule has 0 aromatic heterocycles. The monoisotopic (exact) mass is 664 g/mol. The summed E-state index contributed by atoms with van der Waals surface area (Å²) in [5.41, 5.74) is 0. The number of unbranched alkanes of at least 4 members (excludes halogenated alkanes) is 25. The zero-order chi connectivity index (χ0) is 34.5. The molecule has 0 spiro atoms. The van der Waals surface area contributed by atoms with Gasteiger partial charge in [0.15, 0.2) is 0 Å². The van der Waals surface area contributed by atoms with E-state index in [1.54, 1.807) is 0 Å². The van der Waals surface area contributed by atoms with Crippen molar-refractivity contribution in [1.29, 1.82) is 0 Å². The Balaban J connectivity index is 3.70. The highest BCUT2D eigenvalue weighted by molar-refractivity contribution is 5.76.